The zero-order valence-electron chi connectivity index (χ0n) is 24.6. The lowest BCUT2D eigenvalue weighted by molar-refractivity contribution is 0.146. The van der Waals surface area contributed by atoms with Crippen LogP contribution in [0.4, 0.5) is 0 Å². The number of aromatic hydroxyl groups is 1. The summed E-state index contributed by atoms with van der Waals surface area (Å²) in [5.41, 5.74) is 2.22. The molecule has 12 nitrogen and oxygen atoms in total. The Morgan fingerprint density at radius 2 is 1.26 bits per heavy atom. The van der Waals surface area contributed by atoms with Gasteiger partial charge in [0, 0.05) is 30.3 Å². The predicted molar refractivity (Wildman–Crippen MR) is 160 cm³/mol. The highest BCUT2D eigenvalue weighted by atomic mass is 32.2. The topological polar surface area (TPSA) is 177 Å². The van der Waals surface area contributed by atoms with Crippen molar-refractivity contribution < 1.29 is 43.9 Å². The van der Waals surface area contributed by atoms with E-state index in [0.717, 1.165) is 29.7 Å². The molecule has 0 saturated carbocycles. The minimum Gasteiger partial charge on any atom is -0.507 e. The summed E-state index contributed by atoms with van der Waals surface area (Å²) in [6, 6.07) is 6.44. The van der Waals surface area contributed by atoms with Crippen LogP contribution < -0.4 is 24.4 Å². The van der Waals surface area contributed by atoms with Gasteiger partial charge in [0.05, 0.1) is 28.8 Å². The van der Waals surface area contributed by atoms with Crippen molar-refractivity contribution in [2.45, 2.75) is 47.1 Å². The standard InChI is InChI=1S/C18H20O6S.C11H10O6S/c1-9-7-14(19)22-12-8-13(24-25(6,20)21)16-10(2)11(3)18(4,5)23-17(16)15(9)12;1-6-3-10(13)16-9-5-7(17-18(2,14)15)4-8(12)11(6)9/h7-8H,1-6H3;3-5,12H,1-2H3. The van der Waals surface area contributed by atoms with Gasteiger partial charge in [0.2, 0.25) is 0 Å². The van der Waals surface area contributed by atoms with E-state index in [1.807, 2.05) is 27.7 Å². The molecule has 43 heavy (non-hydrogen) atoms. The van der Waals surface area contributed by atoms with Crippen molar-refractivity contribution in [2.24, 2.45) is 0 Å². The van der Waals surface area contributed by atoms with Crippen molar-refractivity contribution in [2.75, 3.05) is 12.5 Å². The summed E-state index contributed by atoms with van der Waals surface area (Å²) < 4.78 is 71.5. The van der Waals surface area contributed by atoms with E-state index in [-0.39, 0.29) is 28.4 Å². The Hall–Kier alpha value is -4.30. The van der Waals surface area contributed by atoms with Crippen LogP contribution in [-0.4, -0.2) is 40.1 Å². The van der Waals surface area contributed by atoms with Gasteiger partial charge in [-0.2, -0.15) is 16.8 Å². The number of aryl methyl sites for hydroxylation is 2. The lowest BCUT2D eigenvalue weighted by atomic mass is 9.86. The third kappa shape index (κ3) is 6.70. The average Bonchev–Trinajstić information content (AvgIpc) is 2.79. The second-order valence-corrected chi connectivity index (χ2v) is 13.9. The molecule has 0 saturated heterocycles. The fourth-order valence-corrected chi connectivity index (χ4v) is 5.68. The maximum absolute atomic E-state index is 11.7. The van der Waals surface area contributed by atoms with Gasteiger partial charge >= 0.3 is 31.5 Å². The Balaban J connectivity index is 0.000000208. The van der Waals surface area contributed by atoms with E-state index in [2.05, 4.69) is 4.18 Å². The van der Waals surface area contributed by atoms with Crippen LogP contribution in [0.25, 0.3) is 27.5 Å². The molecule has 4 aromatic rings. The molecule has 0 atom stereocenters. The molecule has 230 valence electrons. The third-order valence-electron chi connectivity index (χ3n) is 6.83. The van der Waals surface area contributed by atoms with Gasteiger partial charge in [-0.3, -0.25) is 0 Å². The highest BCUT2D eigenvalue weighted by Crippen LogP contribution is 2.49. The molecule has 5 rings (SSSR count). The number of ether oxygens (including phenoxy) is 1. The van der Waals surface area contributed by atoms with Crippen molar-refractivity contribution in [1.82, 2.24) is 0 Å². The Bertz CT molecular complexity index is 2170. The molecule has 3 heterocycles. The SMILES string of the molecule is CC1=C(C)C(C)(C)Oc2c1c(OS(C)(=O)=O)cc1oc(=O)cc(C)c21.Cc1cc(=O)oc2cc(OS(C)(=O)=O)cc(O)c12. The first-order valence-electron chi connectivity index (χ1n) is 12.7. The largest absolute Gasteiger partial charge is 0.507 e. The highest BCUT2D eigenvalue weighted by Gasteiger charge is 2.35. The van der Waals surface area contributed by atoms with Crippen LogP contribution >= 0.6 is 0 Å². The van der Waals surface area contributed by atoms with Crippen LogP contribution in [0.3, 0.4) is 0 Å². The molecule has 0 amide bonds. The molecule has 0 aliphatic carbocycles. The van der Waals surface area contributed by atoms with Crippen LogP contribution in [-0.2, 0) is 20.2 Å². The number of allylic oxidation sites excluding steroid dienone is 1. The first-order chi connectivity index (χ1) is 19.7. The first kappa shape index (κ1) is 31.6. The molecule has 0 bridgehead atoms. The summed E-state index contributed by atoms with van der Waals surface area (Å²) in [4.78, 5) is 22.9. The van der Waals surface area contributed by atoms with Crippen LogP contribution in [0.2, 0.25) is 0 Å². The molecule has 2 aromatic carbocycles. The number of phenolic OH excluding ortho intramolecular Hbond substituents is 1. The summed E-state index contributed by atoms with van der Waals surface area (Å²) in [5.74, 6) is 0.222. The Morgan fingerprint density at radius 1 is 0.744 bits per heavy atom. The molecule has 14 heteroatoms. The van der Waals surface area contributed by atoms with Crippen LogP contribution in [0.5, 0.6) is 23.0 Å². The molecular formula is C29H30O12S2. The molecule has 0 spiro atoms. The van der Waals surface area contributed by atoms with E-state index >= 15 is 0 Å². The normalized spacial score (nSPS) is 14.5. The van der Waals surface area contributed by atoms with Gasteiger partial charge in [-0.05, 0) is 63.8 Å². The molecular weight excluding hydrogens is 604 g/mol. The summed E-state index contributed by atoms with van der Waals surface area (Å²) in [5, 5.41) is 10.8. The first-order valence-corrected chi connectivity index (χ1v) is 16.4. The van der Waals surface area contributed by atoms with Crippen LogP contribution in [0.1, 0.15) is 44.4 Å². The number of hydrogen-bond acceptors (Lipinski definition) is 12. The van der Waals surface area contributed by atoms with E-state index in [1.165, 1.54) is 24.3 Å². The van der Waals surface area contributed by atoms with Gasteiger partial charge in [0.15, 0.2) is 5.75 Å². The monoisotopic (exact) mass is 634 g/mol. The second-order valence-electron chi connectivity index (χ2n) is 10.7. The minimum atomic E-state index is -3.77. The number of phenols is 1. The Morgan fingerprint density at radius 3 is 1.79 bits per heavy atom. The Labute approximate surface area is 247 Å². The van der Waals surface area contributed by atoms with E-state index in [9.17, 15) is 31.5 Å². The lowest BCUT2D eigenvalue weighted by Gasteiger charge is -2.36. The molecule has 1 N–H and O–H groups in total. The van der Waals surface area contributed by atoms with Crippen molar-refractivity contribution in [1.29, 1.82) is 0 Å². The number of fused-ring (bicyclic) bond motifs is 4. The van der Waals surface area contributed by atoms with E-state index in [1.54, 1.807) is 13.8 Å². The maximum atomic E-state index is 11.7. The molecule has 0 radical (unpaired) electrons. The summed E-state index contributed by atoms with van der Waals surface area (Å²) in [6.45, 7) is 11.1. The summed E-state index contributed by atoms with van der Waals surface area (Å²) in [6.07, 6.45) is 1.84. The van der Waals surface area contributed by atoms with Crippen molar-refractivity contribution in [3.8, 4) is 23.0 Å². The zero-order chi connectivity index (χ0) is 32.2. The molecule has 2 aromatic heterocycles. The van der Waals surface area contributed by atoms with E-state index < -0.39 is 37.1 Å². The minimum absolute atomic E-state index is 0.0682. The van der Waals surface area contributed by atoms with Crippen molar-refractivity contribution in [3.63, 3.8) is 0 Å². The van der Waals surface area contributed by atoms with Gasteiger partial charge in [-0.15, -0.1) is 0 Å². The van der Waals surface area contributed by atoms with Crippen molar-refractivity contribution in [3.05, 3.63) is 73.4 Å². The predicted octanol–water partition coefficient (Wildman–Crippen LogP) is 4.55. The van der Waals surface area contributed by atoms with Crippen molar-refractivity contribution >= 4 is 47.7 Å². The summed E-state index contributed by atoms with van der Waals surface area (Å²) in [7, 11) is -7.48. The fraction of sp³-hybridized carbons (Fsp3) is 0.310. The van der Waals surface area contributed by atoms with Gasteiger partial charge in [0.25, 0.3) is 0 Å². The highest BCUT2D eigenvalue weighted by molar-refractivity contribution is 7.86. The fourth-order valence-electron chi connectivity index (χ4n) is 4.77. The van der Waals surface area contributed by atoms with Gasteiger partial charge in [-0.25, -0.2) is 9.59 Å². The molecule has 1 aliphatic rings. The third-order valence-corrected chi connectivity index (χ3v) is 7.81. The van der Waals surface area contributed by atoms with Gasteiger partial charge < -0.3 is 27.0 Å². The molecule has 1 aliphatic heterocycles. The average molecular weight is 635 g/mol. The zero-order valence-corrected chi connectivity index (χ0v) is 26.3. The van der Waals surface area contributed by atoms with E-state index in [0.29, 0.717) is 33.2 Å². The van der Waals surface area contributed by atoms with Gasteiger partial charge in [-0.1, -0.05) is 0 Å². The number of hydrogen-bond donors (Lipinski definition) is 1. The quantitative estimate of drug-likeness (QED) is 0.245. The molecule has 0 unspecified atom stereocenters. The van der Waals surface area contributed by atoms with Gasteiger partial charge in [0.1, 0.15) is 34.0 Å². The maximum Gasteiger partial charge on any atom is 0.336 e. The van der Waals surface area contributed by atoms with Crippen LogP contribution in [0, 0.1) is 13.8 Å². The van der Waals surface area contributed by atoms with E-state index in [4.69, 9.17) is 17.8 Å². The smallest absolute Gasteiger partial charge is 0.336 e. The second kappa shape index (κ2) is 10.8. The summed E-state index contributed by atoms with van der Waals surface area (Å²) >= 11 is 0. The number of benzene rings is 2. The lowest BCUT2D eigenvalue weighted by Crippen LogP contribution is -2.33. The Kier molecular flexibility index (Phi) is 7.91. The number of rotatable bonds is 4. The molecule has 0 fully saturated rings. The van der Waals surface area contributed by atoms with Crippen LogP contribution in [0.15, 0.2) is 54.3 Å².